The molecular formula is C27H36N2O4. The summed E-state index contributed by atoms with van der Waals surface area (Å²) in [6.07, 6.45) is 12.2. The van der Waals surface area contributed by atoms with Crippen molar-refractivity contribution in [3.63, 3.8) is 0 Å². The summed E-state index contributed by atoms with van der Waals surface area (Å²) in [7, 11) is 0. The second kappa shape index (κ2) is 8.86. The highest BCUT2D eigenvalue weighted by atomic mass is 16.3. The number of hydrogen-bond acceptors (Lipinski definition) is 4. The highest BCUT2D eigenvalue weighted by Crippen LogP contribution is 2.52. The largest absolute Gasteiger partial charge is 0.387 e. The lowest BCUT2D eigenvalue weighted by molar-refractivity contribution is -0.154. The van der Waals surface area contributed by atoms with E-state index in [0.717, 1.165) is 32.1 Å². The molecule has 1 saturated heterocycles. The average Bonchev–Trinajstić information content (AvgIpc) is 3.40. The van der Waals surface area contributed by atoms with Gasteiger partial charge in [-0.1, -0.05) is 57.1 Å². The molecule has 2 aliphatic heterocycles. The van der Waals surface area contributed by atoms with Crippen LogP contribution < -0.4 is 4.90 Å². The van der Waals surface area contributed by atoms with Crippen LogP contribution in [-0.4, -0.2) is 52.8 Å². The lowest BCUT2D eigenvalue weighted by Gasteiger charge is -2.53. The van der Waals surface area contributed by atoms with Crippen LogP contribution in [0.3, 0.4) is 0 Å². The molecule has 5 rings (SSSR count). The molecule has 1 aromatic carbocycles. The number of aliphatic hydroxyl groups is 1. The fourth-order valence-electron chi connectivity index (χ4n) is 6.94. The van der Waals surface area contributed by atoms with E-state index in [1.165, 1.54) is 37.0 Å². The monoisotopic (exact) mass is 452 g/mol. The van der Waals surface area contributed by atoms with Gasteiger partial charge in [-0.2, -0.15) is 0 Å². The normalized spacial score (nSPS) is 27.4. The van der Waals surface area contributed by atoms with E-state index in [-0.39, 0.29) is 12.5 Å². The molecule has 1 atom stereocenters. The minimum atomic E-state index is -1.10. The summed E-state index contributed by atoms with van der Waals surface area (Å²) < 4.78 is 0. The first-order chi connectivity index (χ1) is 15.9. The van der Waals surface area contributed by atoms with Crippen LogP contribution in [-0.2, 0) is 9.59 Å². The maximum atomic E-state index is 13.1. The van der Waals surface area contributed by atoms with Crippen LogP contribution in [0.2, 0.25) is 0 Å². The molecule has 2 amide bonds. The zero-order chi connectivity index (χ0) is 23.1. The molecule has 33 heavy (non-hydrogen) atoms. The number of benzene rings is 1. The molecule has 1 aromatic rings. The SMILES string of the molecule is O=C1C(=O)N(CC2(O)CCN(C(=O)CCC3CCCCC3)CC23CCCC3)c2ccccc21. The molecule has 6 nitrogen and oxygen atoms in total. The summed E-state index contributed by atoms with van der Waals surface area (Å²) >= 11 is 0. The third-order valence-electron chi connectivity index (χ3n) is 8.98. The van der Waals surface area contributed by atoms with E-state index in [4.69, 9.17) is 0 Å². The van der Waals surface area contributed by atoms with E-state index in [0.29, 0.717) is 43.1 Å². The molecule has 6 heteroatoms. The Morgan fingerprint density at radius 3 is 2.48 bits per heavy atom. The van der Waals surface area contributed by atoms with Crippen LogP contribution >= 0.6 is 0 Å². The number of carbonyl (C=O) groups excluding carboxylic acids is 3. The summed E-state index contributed by atoms with van der Waals surface area (Å²) in [6.45, 7) is 1.20. The number of piperidine rings is 1. The van der Waals surface area contributed by atoms with Crippen LogP contribution in [0.15, 0.2) is 24.3 Å². The number of likely N-dealkylation sites (tertiary alicyclic amines) is 1. The number of hydrogen-bond donors (Lipinski definition) is 1. The van der Waals surface area contributed by atoms with Crippen molar-refractivity contribution in [3.8, 4) is 0 Å². The topological polar surface area (TPSA) is 77.9 Å². The van der Waals surface area contributed by atoms with Gasteiger partial charge in [0.15, 0.2) is 0 Å². The Morgan fingerprint density at radius 2 is 1.73 bits per heavy atom. The van der Waals surface area contributed by atoms with Crippen molar-refractivity contribution >= 4 is 23.3 Å². The van der Waals surface area contributed by atoms with Crippen molar-refractivity contribution in [2.45, 2.75) is 82.7 Å². The fourth-order valence-corrected chi connectivity index (χ4v) is 6.94. The molecule has 1 unspecified atom stereocenters. The van der Waals surface area contributed by atoms with Crippen LogP contribution in [0, 0.1) is 11.3 Å². The molecule has 2 heterocycles. The number of anilines is 1. The first-order valence-corrected chi connectivity index (χ1v) is 12.9. The first-order valence-electron chi connectivity index (χ1n) is 12.9. The Labute approximate surface area is 196 Å². The number of ketones is 1. The summed E-state index contributed by atoms with van der Waals surface area (Å²) in [5.74, 6) is -0.149. The number of para-hydroxylation sites is 1. The lowest BCUT2D eigenvalue weighted by atomic mass is 9.65. The summed E-state index contributed by atoms with van der Waals surface area (Å²) in [5, 5.41) is 12.0. The van der Waals surface area contributed by atoms with Crippen LogP contribution in [0.4, 0.5) is 5.69 Å². The van der Waals surface area contributed by atoms with Gasteiger partial charge >= 0.3 is 0 Å². The zero-order valence-corrected chi connectivity index (χ0v) is 19.6. The third-order valence-corrected chi connectivity index (χ3v) is 8.98. The molecular weight excluding hydrogens is 416 g/mol. The van der Waals surface area contributed by atoms with Gasteiger partial charge in [0.1, 0.15) is 0 Å². The quantitative estimate of drug-likeness (QED) is 0.683. The molecule has 2 aliphatic carbocycles. The van der Waals surface area contributed by atoms with E-state index >= 15 is 0 Å². The Balaban J connectivity index is 1.30. The summed E-state index contributed by atoms with van der Waals surface area (Å²) in [6, 6.07) is 7.05. The molecule has 1 N–H and O–H groups in total. The van der Waals surface area contributed by atoms with Crippen molar-refractivity contribution in [1.29, 1.82) is 0 Å². The van der Waals surface area contributed by atoms with Gasteiger partial charge < -0.3 is 14.9 Å². The molecule has 0 radical (unpaired) electrons. The van der Waals surface area contributed by atoms with Crippen LogP contribution in [0.1, 0.15) is 87.4 Å². The Hall–Kier alpha value is -2.21. The van der Waals surface area contributed by atoms with Crippen LogP contribution in [0.25, 0.3) is 0 Å². The number of β-amino-alcohol motifs (C(OH)–C–C–N with tert-alkyl or cyclic N) is 1. The molecule has 3 fully saturated rings. The Bertz CT molecular complexity index is 932. The van der Waals surface area contributed by atoms with E-state index < -0.39 is 22.7 Å². The molecule has 178 valence electrons. The maximum absolute atomic E-state index is 13.1. The van der Waals surface area contributed by atoms with Crippen LogP contribution in [0.5, 0.6) is 0 Å². The lowest BCUT2D eigenvalue weighted by Crippen LogP contribution is -2.64. The van der Waals surface area contributed by atoms with Crippen molar-refractivity contribution in [2.75, 3.05) is 24.5 Å². The second-order valence-corrected chi connectivity index (χ2v) is 10.9. The number of Topliss-reactive ketones (excluding diaryl/α,β-unsaturated/α-hetero) is 1. The van der Waals surface area contributed by atoms with Gasteiger partial charge in [-0.25, -0.2) is 0 Å². The van der Waals surface area contributed by atoms with E-state index in [9.17, 15) is 19.5 Å². The summed E-state index contributed by atoms with van der Waals surface area (Å²) in [4.78, 5) is 41.9. The zero-order valence-electron chi connectivity index (χ0n) is 19.6. The molecule has 4 aliphatic rings. The third kappa shape index (κ3) is 4.01. The number of amides is 2. The predicted octanol–water partition coefficient (Wildman–Crippen LogP) is 4.10. The Kier molecular flexibility index (Phi) is 6.06. The van der Waals surface area contributed by atoms with Gasteiger partial charge in [-0.3, -0.25) is 14.4 Å². The van der Waals surface area contributed by atoms with Crippen molar-refractivity contribution < 1.29 is 19.5 Å². The minimum absolute atomic E-state index is 0.124. The molecule has 1 spiro atoms. The highest BCUT2D eigenvalue weighted by molar-refractivity contribution is 6.52. The number of carbonyl (C=O) groups is 3. The van der Waals surface area contributed by atoms with E-state index in [1.54, 1.807) is 18.2 Å². The minimum Gasteiger partial charge on any atom is -0.387 e. The van der Waals surface area contributed by atoms with Gasteiger partial charge in [-0.05, 0) is 43.7 Å². The molecule has 0 bridgehead atoms. The van der Waals surface area contributed by atoms with Gasteiger partial charge in [0.05, 0.1) is 23.4 Å². The van der Waals surface area contributed by atoms with E-state index in [1.807, 2.05) is 11.0 Å². The average molecular weight is 453 g/mol. The van der Waals surface area contributed by atoms with Crippen molar-refractivity contribution in [1.82, 2.24) is 4.90 Å². The number of rotatable bonds is 5. The fraction of sp³-hybridized carbons (Fsp3) is 0.667. The summed E-state index contributed by atoms with van der Waals surface area (Å²) in [5.41, 5.74) is -0.495. The van der Waals surface area contributed by atoms with Gasteiger partial charge in [-0.15, -0.1) is 0 Å². The van der Waals surface area contributed by atoms with Crippen molar-refractivity contribution in [3.05, 3.63) is 29.8 Å². The first kappa shape index (κ1) is 22.6. The van der Waals surface area contributed by atoms with Crippen molar-refractivity contribution in [2.24, 2.45) is 11.3 Å². The van der Waals surface area contributed by atoms with Gasteiger partial charge in [0.25, 0.3) is 11.7 Å². The molecule has 2 saturated carbocycles. The number of fused-ring (bicyclic) bond motifs is 1. The smallest absolute Gasteiger partial charge is 0.299 e. The highest BCUT2D eigenvalue weighted by Gasteiger charge is 2.57. The molecule has 0 aromatic heterocycles. The second-order valence-electron chi connectivity index (χ2n) is 10.9. The predicted molar refractivity (Wildman–Crippen MR) is 126 cm³/mol. The van der Waals surface area contributed by atoms with E-state index in [2.05, 4.69) is 0 Å². The maximum Gasteiger partial charge on any atom is 0.299 e. The van der Waals surface area contributed by atoms with Gasteiger partial charge in [0, 0.05) is 24.9 Å². The Morgan fingerprint density at radius 1 is 1.00 bits per heavy atom. The van der Waals surface area contributed by atoms with Gasteiger partial charge in [0.2, 0.25) is 5.91 Å². The standard InChI is InChI=1S/C27H36N2O4/c30-23(13-12-20-8-2-1-3-9-20)28-17-16-27(33,26(18-28)14-6-7-15-26)19-29-22-11-5-4-10-21(22)24(31)25(29)32/h4-5,10-11,20,33H,1-3,6-9,12-19H2. The number of nitrogens with zero attached hydrogens (tertiary/aromatic N) is 2.